The molecule has 1 aliphatic rings. The van der Waals surface area contributed by atoms with E-state index in [1.165, 1.54) is 6.92 Å². The predicted octanol–water partition coefficient (Wildman–Crippen LogP) is 4.03. The molecule has 0 bridgehead atoms. The van der Waals surface area contributed by atoms with Crippen LogP contribution in [0.3, 0.4) is 0 Å². The number of benzene rings is 1. The van der Waals surface area contributed by atoms with Gasteiger partial charge < -0.3 is 4.74 Å². The molecule has 0 aliphatic heterocycles. The van der Waals surface area contributed by atoms with Crippen LogP contribution in [-0.2, 0) is 14.3 Å². The maximum atomic E-state index is 12.6. The van der Waals surface area contributed by atoms with E-state index in [0.29, 0.717) is 37.0 Å². The number of rotatable bonds is 7. The van der Waals surface area contributed by atoms with Gasteiger partial charge in [0.15, 0.2) is 5.78 Å². The fraction of sp³-hybridized carbons (Fsp3) is 0.500. The first kappa shape index (κ1) is 19.8. The van der Waals surface area contributed by atoms with E-state index in [0.717, 1.165) is 5.56 Å². The van der Waals surface area contributed by atoms with Crippen molar-refractivity contribution in [2.24, 2.45) is 5.41 Å². The highest BCUT2D eigenvalue weighted by Gasteiger charge is 2.35. The van der Waals surface area contributed by atoms with E-state index in [2.05, 4.69) is 0 Å². The molecule has 1 aromatic rings. The maximum Gasteiger partial charge on any atom is 0.307 e. The van der Waals surface area contributed by atoms with Gasteiger partial charge in [0.1, 0.15) is 5.76 Å². The van der Waals surface area contributed by atoms with Crippen molar-refractivity contribution in [3.05, 3.63) is 57.3 Å². The molecule has 1 atom stereocenters. The molecule has 26 heavy (non-hydrogen) atoms. The fourth-order valence-electron chi connectivity index (χ4n) is 3.44. The molecule has 0 saturated heterocycles. The number of nitrogens with zero attached hydrogens (tertiary/aromatic N) is 1. The molecule has 2 rings (SSSR count). The standard InChI is InChI=1S/C20H25NO5/c1-14(22)26-19-12-20(2,3)11-18(23)17(19)10-9-16(13-21(24)25)15-7-5-4-6-8-15/h4-8,16H,9-13H2,1-3H3. The van der Waals surface area contributed by atoms with Gasteiger partial charge in [0.05, 0.1) is 0 Å². The third-order valence-corrected chi connectivity index (χ3v) is 4.60. The maximum absolute atomic E-state index is 12.6. The van der Waals surface area contributed by atoms with E-state index in [1.54, 1.807) is 0 Å². The number of Topliss-reactive ketones (excluding diaryl/α,β-unsaturated/α-hetero) is 1. The third kappa shape index (κ3) is 5.51. The quantitative estimate of drug-likeness (QED) is 0.417. The summed E-state index contributed by atoms with van der Waals surface area (Å²) in [6.45, 7) is 5.05. The van der Waals surface area contributed by atoms with Crippen molar-refractivity contribution < 1.29 is 19.2 Å². The number of carbonyl (C=O) groups is 2. The van der Waals surface area contributed by atoms with Crippen molar-refractivity contribution in [3.8, 4) is 0 Å². The number of esters is 1. The number of hydrogen-bond acceptors (Lipinski definition) is 5. The normalized spacial score (nSPS) is 17.7. The van der Waals surface area contributed by atoms with Crippen LogP contribution in [0.5, 0.6) is 0 Å². The number of hydrogen-bond donors (Lipinski definition) is 0. The van der Waals surface area contributed by atoms with Gasteiger partial charge in [-0.2, -0.15) is 0 Å². The molecule has 0 amide bonds. The Labute approximate surface area is 153 Å². The lowest BCUT2D eigenvalue weighted by molar-refractivity contribution is -0.483. The molecule has 6 nitrogen and oxygen atoms in total. The van der Waals surface area contributed by atoms with Gasteiger partial charge in [-0.3, -0.25) is 19.7 Å². The lowest BCUT2D eigenvalue weighted by Crippen LogP contribution is -2.28. The van der Waals surface area contributed by atoms with Crippen LogP contribution in [-0.4, -0.2) is 23.2 Å². The Kier molecular flexibility index (Phi) is 6.29. The molecule has 1 unspecified atom stereocenters. The van der Waals surface area contributed by atoms with Gasteiger partial charge in [-0.25, -0.2) is 0 Å². The van der Waals surface area contributed by atoms with E-state index in [1.807, 2.05) is 44.2 Å². The SMILES string of the molecule is CC(=O)OC1=C(CCC(C[N+](=O)[O-])c2ccccc2)C(=O)CC(C)(C)C1. The zero-order valence-corrected chi connectivity index (χ0v) is 15.5. The van der Waals surface area contributed by atoms with Gasteiger partial charge >= 0.3 is 5.97 Å². The zero-order chi connectivity index (χ0) is 19.3. The van der Waals surface area contributed by atoms with E-state index in [-0.39, 0.29) is 28.6 Å². The van der Waals surface area contributed by atoms with Crippen molar-refractivity contribution in [2.75, 3.05) is 6.54 Å². The second-order valence-corrected chi connectivity index (χ2v) is 7.60. The Morgan fingerprint density at radius 2 is 1.92 bits per heavy atom. The highest BCUT2D eigenvalue weighted by molar-refractivity contribution is 5.97. The molecule has 0 saturated carbocycles. The summed E-state index contributed by atoms with van der Waals surface area (Å²) in [5.74, 6) is -0.356. The molecular weight excluding hydrogens is 334 g/mol. The van der Waals surface area contributed by atoms with Gasteiger partial charge in [-0.05, 0) is 23.8 Å². The third-order valence-electron chi connectivity index (χ3n) is 4.60. The van der Waals surface area contributed by atoms with Crippen LogP contribution in [0.25, 0.3) is 0 Å². The molecular formula is C20H25NO5. The summed E-state index contributed by atoms with van der Waals surface area (Å²) < 4.78 is 5.31. The van der Waals surface area contributed by atoms with Gasteiger partial charge in [0.2, 0.25) is 6.54 Å². The van der Waals surface area contributed by atoms with Gasteiger partial charge in [0, 0.05) is 36.2 Å². The minimum absolute atomic E-state index is 0.0367. The molecule has 0 radical (unpaired) electrons. The second-order valence-electron chi connectivity index (χ2n) is 7.60. The fourth-order valence-corrected chi connectivity index (χ4v) is 3.44. The van der Waals surface area contributed by atoms with Crippen molar-refractivity contribution in [1.82, 2.24) is 0 Å². The van der Waals surface area contributed by atoms with Crippen LogP contribution in [0.15, 0.2) is 41.7 Å². The first-order valence-electron chi connectivity index (χ1n) is 8.78. The molecule has 140 valence electrons. The van der Waals surface area contributed by atoms with Crippen LogP contribution in [0.1, 0.15) is 57.9 Å². The molecule has 6 heteroatoms. The summed E-state index contributed by atoms with van der Waals surface area (Å²) in [6.07, 6.45) is 1.72. The Morgan fingerprint density at radius 3 is 2.50 bits per heavy atom. The average molecular weight is 359 g/mol. The number of allylic oxidation sites excluding steroid dienone is 2. The first-order valence-corrected chi connectivity index (χ1v) is 8.78. The topological polar surface area (TPSA) is 86.5 Å². The summed E-state index contributed by atoms with van der Waals surface area (Å²) in [5, 5.41) is 11.1. The molecule has 0 N–H and O–H groups in total. The molecule has 0 aromatic heterocycles. The zero-order valence-electron chi connectivity index (χ0n) is 15.5. The van der Waals surface area contributed by atoms with Gasteiger partial charge in [-0.1, -0.05) is 44.2 Å². The summed E-state index contributed by atoms with van der Waals surface area (Å²) in [7, 11) is 0. The van der Waals surface area contributed by atoms with Crippen LogP contribution < -0.4 is 0 Å². The lowest BCUT2D eigenvalue weighted by Gasteiger charge is -2.31. The summed E-state index contributed by atoms with van der Waals surface area (Å²) in [4.78, 5) is 34.7. The van der Waals surface area contributed by atoms with Gasteiger partial charge in [-0.15, -0.1) is 0 Å². The Morgan fingerprint density at radius 1 is 1.27 bits per heavy atom. The highest BCUT2D eigenvalue weighted by atomic mass is 16.6. The highest BCUT2D eigenvalue weighted by Crippen LogP contribution is 2.39. The van der Waals surface area contributed by atoms with E-state index >= 15 is 0 Å². The summed E-state index contributed by atoms with van der Waals surface area (Å²) in [5.41, 5.74) is 1.12. The van der Waals surface area contributed by atoms with E-state index in [9.17, 15) is 19.7 Å². The molecule has 0 spiro atoms. The van der Waals surface area contributed by atoms with Crippen LogP contribution in [0, 0.1) is 15.5 Å². The molecule has 1 aliphatic carbocycles. The largest absolute Gasteiger partial charge is 0.431 e. The van der Waals surface area contributed by atoms with E-state index < -0.39 is 5.97 Å². The van der Waals surface area contributed by atoms with E-state index in [4.69, 9.17) is 4.74 Å². The number of ketones is 1. The predicted molar refractivity (Wildman–Crippen MR) is 97.1 cm³/mol. The smallest absolute Gasteiger partial charge is 0.307 e. The van der Waals surface area contributed by atoms with Crippen molar-refractivity contribution in [3.63, 3.8) is 0 Å². The Balaban J connectivity index is 2.23. The average Bonchev–Trinajstić information content (AvgIpc) is 2.51. The van der Waals surface area contributed by atoms with Crippen molar-refractivity contribution in [2.45, 2.75) is 52.4 Å². The number of carbonyl (C=O) groups excluding carboxylic acids is 2. The minimum atomic E-state index is -0.451. The first-order chi connectivity index (χ1) is 12.2. The molecule has 1 aromatic carbocycles. The van der Waals surface area contributed by atoms with Crippen LogP contribution >= 0.6 is 0 Å². The lowest BCUT2D eigenvalue weighted by atomic mass is 9.75. The van der Waals surface area contributed by atoms with Gasteiger partial charge in [0.25, 0.3) is 0 Å². The Bertz CT molecular complexity index is 721. The molecule has 0 fully saturated rings. The number of ether oxygens (including phenoxy) is 1. The van der Waals surface area contributed by atoms with Crippen molar-refractivity contribution >= 4 is 11.8 Å². The summed E-state index contributed by atoms with van der Waals surface area (Å²) in [6, 6.07) is 9.28. The molecule has 0 heterocycles. The van der Waals surface area contributed by atoms with Crippen molar-refractivity contribution in [1.29, 1.82) is 0 Å². The van der Waals surface area contributed by atoms with Crippen LogP contribution in [0.2, 0.25) is 0 Å². The summed E-state index contributed by atoms with van der Waals surface area (Å²) >= 11 is 0. The minimum Gasteiger partial charge on any atom is -0.431 e. The Hall–Kier alpha value is -2.50. The second kappa shape index (κ2) is 8.25. The number of nitro groups is 1. The monoisotopic (exact) mass is 359 g/mol. The van der Waals surface area contributed by atoms with Crippen LogP contribution in [0.4, 0.5) is 0 Å².